The zero-order valence-electron chi connectivity index (χ0n) is 11.8. The van der Waals surface area contributed by atoms with Crippen LogP contribution in [0.3, 0.4) is 0 Å². The van der Waals surface area contributed by atoms with Gasteiger partial charge in [0.05, 0.1) is 32.3 Å². The molecule has 1 N–H and O–H groups in total. The number of sulfonamides is 1. The van der Waals surface area contributed by atoms with Gasteiger partial charge in [0.15, 0.2) is 0 Å². The van der Waals surface area contributed by atoms with E-state index in [4.69, 9.17) is 0 Å². The van der Waals surface area contributed by atoms with Crippen LogP contribution in [0.1, 0.15) is 32.1 Å². The van der Waals surface area contributed by atoms with Crippen LogP contribution < -0.4 is 4.72 Å². The van der Waals surface area contributed by atoms with Gasteiger partial charge in [0.2, 0.25) is 10.0 Å². The average molecular weight is 307 g/mol. The Morgan fingerprint density at radius 2 is 1.70 bits per heavy atom. The lowest BCUT2D eigenvalue weighted by atomic mass is 9.86. The molecule has 0 atom stereocenters. The largest absolute Gasteiger partial charge is 0.469 e. The molecule has 0 aromatic heterocycles. The van der Waals surface area contributed by atoms with Gasteiger partial charge >= 0.3 is 11.9 Å². The van der Waals surface area contributed by atoms with Crippen molar-refractivity contribution in [1.29, 1.82) is 0 Å². The van der Waals surface area contributed by atoms with Gasteiger partial charge in [0.25, 0.3) is 0 Å². The van der Waals surface area contributed by atoms with E-state index in [1.54, 1.807) is 0 Å². The molecular formula is C12H21NO6S. The van der Waals surface area contributed by atoms with Crippen molar-refractivity contribution in [3.8, 4) is 0 Å². The Labute approximate surface area is 119 Å². The normalized spacial score (nSPS) is 23.1. The van der Waals surface area contributed by atoms with Crippen molar-refractivity contribution < 1.29 is 27.5 Å². The van der Waals surface area contributed by atoms with Crippen LogP contribution in [-0.4, -0.2) is 46.4 Å². The molecule has 0 aromatic rings. The predicted molar refractivity (Wildman–Crippen MR) is 71.3 cm³/mol. The number of carbonyl (C=O) groups is 2. The van der Waals surface area contributed by atoms with Gasteiger partial charge in [-0.15, -0.1) is 0 Å². The molecule has 0 radical (unpaired) electrons. The summed E-state index contributed by atoms with van der Waals surface area (Å²) in [7, 11) is -0.927. The van der Waals surface area contributed by atoms with Gasteiger partial charge < -0.3 is 9.47 Å². The summed E-state index contributed by atoms with van der Waals surface area (Å²) in [5.41, 5.74) is 0. The van der Waals surface area contributed by atoms with Crippen molar-refractivity contribution in [2.75, 3.05) is 20.0 Å². The van der Waals surface area contributed by atoms with Gasteiger partial charge in [-0.05, 0) is 25.7 Å². The molecule has 1 fully saturated rings. The summed E-state index contributed by atoms with van der Waals surface area (Å²) in [6.07, 6.45) is 2.24. The van der Waals surface area contributed by atoms with Crippen LogP contribution in [0, 0.1) is 5.92 Å². The first-order valence-electron chi connectivity index (χ1n) is 6.52. The SMILES string of the molecule is COC(=O)CCS(=O)(=O)NC1CCC(C(=O)OC)CC1. The number of esters is 2. The van der Waals surface area contributed by atoms with E-state index in [9.17, 15) is 18.0 Å². The highest BCUT2D eigenvalue weighted by atomic mass is 32.2. The molecule has 116 valence electrons. The predicted octanol–water partition coefficient (Wildman–Crippen LogP) is 0.201. The number of hydrogen-bond donors (Lipinski definition) is 1. The second-order valence-corrected chi connectivity index (χ2v) is 6.71. The smallest absolute Gasteiger partial charge is 0.308 e. The van der Waals surface area contributed by atoms with Crippen molar-refractivity contribution >= 4 is 22.0 Å². The number of nitrogens with one attached hydrogen (secondary N) is 1. The molecule has 1 saturated carbocycles. The monoisotopic (exact) mass is 307 g/mol. The third-order valence-electron chi connectivity index (χ3n) is 3.41. The topological polar surface area (TPSA) is 98.8 Å². The van der Waals surface area contributed by atoms with Crippen LogP contribution in [0.15, 0.2) is 0 Å². The van der Waals surface area contributed by atoms with E-state index >= 15 is 0 Å². The van der Waals surface area contributed by atoms with Crippen molar-refractivity contribution in [3.05, 3.63) is 0 Å². The molecule has 0 heterocycles. The molecule has 0 bridgehead atoms. The van der Waals surface area contributed by atoms with Crippen LogP contribution in [0.5, 0.6) is 0 Å². The molecule has 1 aliphatic rings. The second kappa shape index (κ2) is 7.58. The first-order valence-corrected chi connectivity index (χ1v) is 8.18. The molecule has 0 saturated heterocycles. The summed E-state index contributed by atoms with van der Waals surface area (Å²) in [5, 5.41) is 0. The maximum absolute atomic E-state index is 11.8. The third kappa shape index (κ3) is 5.46. The first kappa shape index (κ1) is 16.9. The van der Waals surface area contributed by atoms with Crippen LogP contribution in [-0.2, 0) is 29.1 Å². The number of methoxy groups -OCH3 is 2. The highest BCUT2D eigenvalue weighted by molar-refractivity contribution is 7.89. The maximum Gasteiger partial charge on any atom is 0.308 e. The Hall–Kier alpha value is -1.15. The van der Waals surface area contributed by atoms with Gasteiger partial charge in [-0.25, -0.2) is 13.1 Å². The van der Waals surface area contributed by atoms with Crippen molar-refractivity contribution in [1.82, 2.24) is 4.72 Å². The number of hydrogen-bond acceptors (Lipinski definition) is 6. The molecule has 0 amide bonds. The Morgan fingerprint density at radius 3 is 2.20 bits per heavy atom. The third-order valence-corrected chi connectivity index (χ3v) is 4.84. The van der Waals surface area contributed by atoms with Gasteiger partial charge in [0.1, 0.15) is 0 Å². The lowest BCUT2D eigenvalue weighted by molar-refractivity contribution is -0.146. The molecule has 0 aliphatic heterocycles. The maximum atomic E-state index is 11.8. The molecule has 7 nitrogen and oxygen atoms in total. The fraction of sp³-hybridized carbons (Fsp3) is 0.833. The summed E-state index contributed by atoms with van der Waals surface area (Å²) >= 11 is 0. The average Bonchev–Trinajstić information content (AvgIpc) is 2.44. The molecule has 20 heavy (non-hydrogen) atoms. The van der Waals surface area contributed by atoms with Crippen LogP contribution in [0.25, 0.3) is 0 Å². The van der Waals surface area contributed by atoms with Crippen molar-refractivity contribution in [2.45, 2.75) is 38.1 Å². The van der Waals surface area contributed by atoms with Gasteiger partial charge in [-0.2, -0.15) is 0 Å². The summed E-state index contributed by atoms with van der Waals surface area (Å²) in [6, 6.07) is -0.182. The van der Waals surface area contributed by atoms with E-state index in [0.717, 1.165) is 0 Å². The van der Waals surface area contributed by atoms with E-state index in [2.05, 4.69) is 14.2 Å². The minimum atomic E-state index is -3.50. The Bertz CT molecular complexity index is 439. The quantitative estimate of drug-likeness (QED) is 0.704. The lowest BCUT2D eigenvalue weighted by Crippen LogP contribution is -2.40. The summed E-state index contributed by atoms with van der Waals surface area (Å²) in [5.74, 6) is -1.21. The summed E-state index contributed by atoms with van der Waals surface area (Å²) < 4.78 is 35.2. The van der Waals surface area contributed by atoms with Crippen LogP contribution in [0.2, 0.25) is 0 Å². The van der Waals surface area contributed by atoms with Gasteiger partial charge in [-0.1, -0.05) is 0 Å². The zero-order chi connectivity index (χ0) is 15.2. The van der Waals surface area contributed by atoms with Crippen molar-refractivity contribution in [2.24, 2.45) is 5.92 Å². The summed E-state index contributed by atoms with van der Waals surface area (Å²) in [4.78, 5) is 22.3. The molecule has 0 spiro atoms. The van der Waals surface area contributed by atoms with Gasteiger partial charge in [0, 0.05) is 6.04 Å². The summed E-state index contributed by atoms with van der Waals surface area (Å²) in [6.45, 7) is 0. The molecule has 0 unspecified atom stereocenters. The van der Waals surface area contributed by atoms with E-state index < -0.39 is 16.0 Å². The zero-order valence-corrected chi connectivity index (χ0v) is 12.6. The van der Waals surface area contributed by atoms with Crippen molar-refractivity contribution in [3.63, 3.8) is 0 Å². The number of carbonyl (C=O) groups excluding carboxylic acids is 2. The highest BCUT2D eigenvalue weighted by Gasteiger charge is 2.29. The number of ether oxygens (including phenoxy) is 2. The second-order valence-electron chi connectivity index (χ2n) is 4.83. The molecule has 8 heteroatoms. The highest BCUT2D eigenvalue weighted by Crippen LogP contribution is 2.25. The van der Waals surface area contributed by atoms with Gasteiger partial charge in [-0.3, -0.25) is 9.59 Å². The van der Waals surface area contributed by atoms with Crippen LogP contribution >= 0.6 is 0 Å². The molecule has 1 rings (SSSR count). The minimum absolute atomic E-state index is 0.143. The minimum Gasteiger partial charge on any atom is -0.469 e. The standard InChI is InChI=1S/C12H21NO6S/c1-18-11(14)7-8-20(16,17)13-10-5-3-9(4-6-10)12(15)19-2/h9-10,13H,3-8H2,1-2H3. The number of rotatable bonds is 6. The Balaban J connectivity index is 2.39. The molecule has 1 aliphatic carbocycles. The van der Waals surface area contributed by atoms with E-state index in [0.29, 0.717) is 25.7 Å². The fourth-order valence-electron chi connectivity index (χ4n) is 2.25. The van der Waals surface area contributed by atoms with Crippen LogP contribution in [0.4, 0.5) is 0 Å². The molecular weight excluding hydrogens is 286 g/mol. The van der Waals surface area contributed by atoms with E-state index in [-0.39, 0.29) is 30.1 Å². The Morgan fingerprint density at radius 1 is 1.10 bits per heavy atom. The van der Waals surface area contributed by atoms with E-state index in [1.165, 1.54) is 14.2 Å². The molecule has 0 aromatic carbocycles. The van der Waals surface area contributed by atoms with E-state index in [1.807, 2.05) is 0 Å². The fourth-order valence-corrected chi connectivity index (χ4v) is 3.54. The first-order chi connectivity index (χ1) is 9.38. The lowest BCUT2D eigenvalue weighted by Gasteiger charge is -2.27. The Kier molecular flexibility index (Phi) is 6.41.